The molecule has 0 aliphatic carbocycles. The van der Waals surface area contributed by atoms with Crippen molar-refractivity contribution in [3.63, 3.8) is 0 Å². The first-order chi connectivity index (χ1) is 9.22. The molecule has 0 amide bonds. The molecular weight excluding hydrogens is 266 g/mol. The molecule has 1 N–H and O–H groups in total. The standard InChI is InChI=1S/C12H9N3O3S/c1-2-18-12(17)6-5-13-7-3-4-8-10(15-19-14-8)9(7)11(6)16/h3-5,15H,2H2,1H3. The van der Waals surface area contributed by atoms with Crippen LogP contribution < -0.4 is 5.43 Å². The Morgan fingerprint density at radius 3 is 3.00 bits per heavy atom. The molecule has 2 heterocycles. The molecule has 0 bridgehead atoms. The number of hydrogen-bond donors (Lipinski definition) is 1. The normalized spacial score (nSPS) is 11.0. The molecule has 0 aliphatic rings. The molecule has 0 unspecified atom stereocenters. The summed E-state index contributed by atoms with van der Waals surface area (Å²) in [4.78, 5) is 28.2. The molecule has 0 radical (unpaired) electrons. The van der Waals surface area contributed by atoms with Crippen LogP contribution in [0.2, 0.25) is 0 Å². The number of nitrogens with zero attached hydrogens (tertiary/aromatic N) is 2. The lowest BCUT2D eigenvalue weighted by Crippen LogP contribution is -2.18. The van der Waals surface area contributed by atoms with Crippen LogP contribution in [0.3, 0.4) is 0 Å². The third kappa shape index (κ3) is 1.78. The summed E-state index contributed by atoms with van der Waals surface area (Å²) >= 11 is 1.14. The van der Waals surface area contributed by atoms with E-state index in [2.05, 4.69) is 13.7 Å². The number of esters is 1. The highest BCUT2D eigenvalue weighted by Gasteiger charge is 2.17. The summed E-state index contributed by atoms with van der Waals surface area (Å²) in [6.07, 6.45) is 1.26. The largest absolute Gasteiger partial charge is 0.462 e. The molecule has 0 fully saturated rings. The molecule has 7 heteroatoms. The van der Waals surface area contributed by atoms with E-state index in [-0.39, 0.29) is 17.6 Å². The van der Waals surface area contributed by atoms with Gasteiger partial charge in [0.25, 0.3) is 0 Å². The molecule has 3 rings (SSSR count). The first-order valence-corrected chi connectivity index (χ1v) is 6.42. The van der Waals surface area contributed by atoms with Gasteiger partial charge in [0.1, 0.15) is 11.1 Å². The van der Waals surface area contributed by atoms with Gasteiger partial charge in [-0.3, -0.25) is 14.2 Å². The van der Waals surface area contributed by atoms with Gasteiger partial charge in [-0.25, -0.2) is 4.79 Å². The summed E-state index contributed by atoms with van der Waals surface area (Å²) in [6.45, 7) is 1.90. The first-order valence-electron chi connectivity index (χ1n) is 5.65. The fourth-order valence-corrected chi connectivity index (χ4v) is 2.49. The van der Waals surface area contributed by atoms with Crippen molar-refractivity contribution in [3.05, 3.63) is 34.1 Å². The number of carbonyl (C=O) groups is 1. The predicted octanol–water partition coefficient (Wildman–Crippen LogP) is 1.71. The number of nitrogens with one attached hydrogen (secondary N) is 1. The lowest BCUT2D eigenvalue weighted by molar-refractivity contribution is 0.0524. The molecule has 0 saturated carbocycles. The summed E-state index contributed by atoms with van der Waals surface area (Å²) in [6, 6.07) is 3.49. The number of pyridine rings is 1. The molecule has 96 valence electrons. The molecule has 1 aromatic carbocycles. The van der Waals surface area contributed by atoms with E-state index < -0.39 is 5.97 Å². The van der Waals surface area contributed by atoms with Gasteiger partial charge < -0.3 is 4.74 Å². The zero-order chi connectivity index (χ0) is 13.4. The van der Waals surface area contributed by atoms with Crippen LogP contribution in [0, 0.1) is 0 Å². The maximum Gasteiger partial charge on any atom is 0.343 e. The van der Waals surface area contributed by atoms with E-state index in [0.717, 1.165) is 11.7 Å². The fraction of sp³-hybridized carbons (Fsp3) is 0.167. The van der Waals surface area contributed by atoms with Crippen molar-refractivity contribution in [1.29, 1.82) is 0 Å². The van der Waals surface area contributed by atoms with Crippen molar-refractivity contribution >= 4 is 39.6 Å². The SMILES string of the molecule is CCOC(=O)c1cnc2ccc3ns[nH]c3c2c1=O. The highest BCUT2D eigenvalue weighted by atomic mass is 32.1. The number of carbonyl (C=O) groups excluding carboxylic acids is 1. The minimum Gasteiger partial charge on any atom is -0.462 e. The molecule has 3 aromatic rings. The second-order valence-corrected chi connectivity index (χ2v) is 4.43. The van der Waals surface area contributed by atoms with Crippen molar-refractivity contribution in [3.8, 4) is 0 Å². The molecular formula is C12H9N3O3S. The van der Waals surface area contributed by atoms with Crippen LogP contribution in [0.4, 0.5) is 0 Å². The van der Waals surface area contributed by atoms with Gasteiger partial charge in [-0.05, 0) is 19.1 Å². The summed E-state index contributed by atoms with van der Waals surface area (Å²) in [5.41, 5.74) is 1.37. The van der Waals surface area contributed by atoms with Gasteiger partial charge in [-0.2, -0.15) is 4.37 Å². The van der Waals surface area contributed by atoms with E-state index in [4.69, 9.17) is 4.74 Å². The minimum atomic E-state index is -0.651. The van der Waals surface area contributed by atoms with Gasteiger partial charge in [-0.1, -0.05) is 0 Å². The maximum absolute atomic E-state index is 12.4. The van der Waals surface area contributed by atoms with Crippen molar-refractivity contribution in [2.45, 2.75) is 6.92 Å². The number of fused-ring (bicyclic) bond motifs is 3. The zero-order valence-corrected chi connectivity index (χ0v) is 10.8. The van der Waals surface area contributed by atoms with Gasteiger partial charge in [-0.15, -0.1) is 0 Å². The van der Waals surface area contributed by atoms with Crippen LogP contribution in [0.25, 0.3) is 21.9 Å². The van der Waals surface area contributed by atoms with Crippen LogP contribution in [0.15, 0.2) is 23.1 Å². The maximum atomic E-state index is 12.4. The summed E-state index contributed by atoms with van der Waals surface area (Å²) < 4.78 is 11.9. The van der Waals surface area contributed by atoms with Crippen molar-refractivity contribution in [1.82, 2.24) is 13.7 Å². The topological polar surface area (TPSA) is 84.9 Å². The van der Waals surface area contributed by atoms with Gasteiger partial charge in [0.2, 0.25) is 5.43 Å². The first kappa shape index (κ1) is 11.8. The number of aromatic amines is 1. The molecule has 2 aromatic heterocycles. The average molecular weight is 275 g/mol. The van der Waals surface area contributed by atoms with E-state index in [1.54, 1.807) is 19.1 Å². The molecule has 19 heavy (non-hydrogen) atoms. The number of rotatable bonds is 2. The molecule has 0 atom stereocenters. The Bertz CT molecular complexity index is 837. The number of H-pyrrole nitrogens is 1. The van der Waals surface area contributed by atoms with E-state index in [9.17, 15) is 9.59 Å². The lowest BCUT2D eigenvalue weighted by Gasteiger charge is -2.02. The van der Waals surface area contributed by atoms with Crippen LogP contribution in [-0.4, -0.2) is 26.3 Å². The monoisotopic (exact) mass is 275 g/mol. The molecule has 6 nitrogen and oxygen atoms in total. The van der Waals surface area contributed by atoms with Crippen molar-refractivity contribution in [2.24, 2.45) is 0 Å². The van der Waals surface area contributed by atoms with Crippen LogP contribution in [-0.2, 0) is 4.74 Å². The third-order valence-corrected chi connectivity index (χ3v) is 3.34. The van der Waals surface area contributed by atoms with E-state index in [1.807, 2.05) is 0 Å². The summed E-state index contributed by atoms with van der Waals surface area (Å²) in [5.74, 6) is -0.651. The molecule has 0 spiro atoms. The van der Waals surface area contributed by atoms with Gasteiger partial charge in [0.05, 0.1) is 23.0 Å². The van der Waals surface area contributed by atoms with Crippen molar-refractivity contribution < 1.29 is 9.53 Å². The Kier molecular flexibility index (Phi) is 2.75. The van der Waals surface area contributed by atoms with Gasteiger partial charge >= 0.3 is 5.97 Å². The quantitative estimate of drug-likeness (QED) is 0.720. The Balaban J connectivity index is 2.36. The minimum absolute atomic E-state index is 0.0542. The van der Waals surface area contributed by atoms with E-state index in [0.29, 0.717) is 21.9 Å². The van der Waals surface area contributed by atoms with Crippen molar-refractivity contribution in [2.75, 3.05) is 6.61 Å². The van der Waals surface area contributed by atoms with Crippen LogP contribution in [0.5, 0.6) is 0 Å². The number of hydrogen-bond acceptors (Lipinski definition) is 6. The highest BCUT2D eigenvalue weighted by Crippen LogP contribution is 2.19. The van der Waals surface area contributed by atoms with Gasteiger partial charge in [0.15, 0.2) is 0 Å². The molecule has 0 aliphatic heterocycles. The van der Waals surface area contributed by atoms with Gasteiger partial charge in [0, 0.05) is 17.9 Å². The highest BCUT2D eigenvalue weighted by molar-refractivity contribution is 7.00. The molecule has 0 saturated heterocycles. The summed E-state index contributed by atoms with van der Waals surface area (Å²) in [7, 11) is 0. The van der Waals surface area contributed by atoms with Crippen LogP contribution in [0.1, 0.15) is 17.3 Å². The predicted molar refractivity (Wildman–Crippen MR) is 71.5 cm³/mol. The van der Waals surface area contributed by atoms with Crippen LogP contribution >= 0.6 is 11.7 Å². The fourth-order valence-electron chi connectivity index (χ4n) is 1.90. The van der Waals surface area contributed by atoms with E-state index >= 15 is 0 Å². The number of ether oxygens (including phenoxy) is 1. The zero-order valence-electron chi connectivity index (χ0n) is 9.97. The smallest absolute Gasteiger partial charge is 0.343 e. The summed E-state index contributed by atoms with van der Waals surface area (Å²) in [5, 5.41) is 0.372. The number of benzene rings is 1. The lowest BCUT2D eigenvalue weighted by atomic mass is 10.1. The Morgan fingerprint density at radius 2 is 2.21 bits per heavy atom. The Labute approximate surface area is 111 Å². The third-order valence-electron chi connectivity index (χ3n) is 2.75. The second-order valence-electron chi connectivity index (χ2n) is 3.86. The average Bonchev–Trinajstić information content (AvgIpc) is 2.87. The van der Waals surface area contributed by atoms with E-state index in [1.165, 1.54) is 6.20 Å². The Hall–Kier alpha value is -2.28. The number of aromatic nitrogens is 3. The second kappa shape index (κ2) is 4.43. The Morgan fingerprint density at radius 1 is 1.42 bits per heavy atom.